The molecule has 3 heteroatoms. The maximum absolute atomic E-state index is 4.16. The molecule has 69 valence electrons. The van der Waals surface area contributed by atoms with Crippen molar-refractivity contribution in [1.29, 1.82) is 0 Å². The molecule has 0 fully saturated rings. The van der Waals surface area contributed by atoms with E-state index in [1.54, 1.807) is 6.07 Å². The fourth-order valence-electron chi connectivity index (χ4n) is 1.19. The predicted octanol–water partition coefficient (Wildman–Crippen LogP) is 4.07. The summed E-state index contributed by atoms with van der Waals surface area (Å²) in [5.41, 5.74) is 2.00. The summed E-state index contributed by atoms with van der Waals surface area (Å²) in [5, 5.41) is 0. The molecule has 1 aromatic carbocycles. The van der Waals surface area contributed by atoms with Crippen LogP contribution in [0.3, 0.4) is 0 Å². The fourth-order valence-corrected chi connectivity index (χ4v) is 2.48. The van der Waals surface area contributed by atoms with Gasteiger partial charge in [-0.2, -0.15) is 0 Å². The van der Waals surface area contributed by atoms with Crippen molar-refractivity contribution in [2.75, 3.05) is 0 Å². The SMILES string of the molecule is Brc1cc(Br)cc(-c2ccc[c]n2)c1. The summed E-state index contributed by atoms with van der Waals surface area (Å²) in [6.45, 7) is 0. The molecule has 1 nitrogen and oxygen atoms in total. The Balaban J connectivity index is 2.52. The van der Waals surface area contributed by atoms with Crippen LogP contribution in [0.25, 0.3) is 11.3 Å². The lowest BCUT2D eigenvalue weighted by molar-refractivity contribution is 1.31. The van der Waals surface area contributed by atoms with E-state index in [9.17, 15) is 0 Å². The van der Waals surface area contributed by atoms with Gasteiger partial charge in [0.05, 0.1) is 11.9 Å². The molecule has 0 aliphatic heterocycles. The highest BCUT2D eigenvalue weighted by Gasteiger charge is 2.00. The van der Waals surface area contributed by atoms with Gasteiger partial charge < -0.3 is 0 Å². The van der Waals surface area contributed by atoms with Gasteiger partial charge in [0.2, 0.25) is 0 Å². The van der Waals surface area contributed by atoms with Crippen LogP contribution in [0, 0.1) is 6.20 Å². The molecule has 2 aromatic rings. The van der Waals surface area contributed by atoms with Crippen LogP contribution in [0.2, 0.25) is 0 Å². The van der Waals surface area contributed by atoms with Crippen LogP contribution in [-0.4, -0.2) is 4.98 Å². The van der Waals surface area contributed by atoms with Crippen LogP contribution in [0.15, 0.2) is 45.3 Å². The van der Waals surface area contributed by atoms with Gasteiger partial charge in [0.25, 0.3) is 0 Å². The number of aromatic nitrogens is 1. The molecule has 0 aliphatic carbocycles. The van der Waals surface area contributed by atoms with Gasteiger partial charge in [-0.05, 0) is 30.3 Å². The molecule has 0 unspecified atom stereocenters. The smallest absolute Gasteiger partial charge is 0.0893 e. The lowest BCUT2D eigenvalue weighted by Crippen LogP contribution is -1.82. The minimum absolute atomic E-state index is 0.925. The second kappa shape index (κ2) is 4.24. The third-order valence-electron chi connectivity index (χ3n) is 1.77. The van der Waals surface area contributed by atoms with Crippen LogP contribution in [0.1, 0.15) is 0 Å². The zero-order valence-corrected chi connectivity index (χ0v) is 10.3. The van der Waals surface area contributed by atoms with E-state index in [1.807, 2.05) is 30.3 Å². The first kappa shape index (κ1) is 9.87. The monoisotopic (exact) mass is 310 g/mol. The van der Waals surface area contributed by atoms with Crippen molar-refractivity contribution in [3.05, 3.63) is 51.5 Å². The van der Waals surface area contributed by atoms with Gasteiger partial charge in [0.15, 0.2) is 0 Å². The first-order valence-electron chi connectivity index (χ1n) is 4.05. The van der Waals surface area contributed by atoms with Crippen molar-refractivity contribution < 1.29 is 0 Å². The largest absolute Gasteiger partial charge is 0.246 e. The van der Waals surface area contributed by atoms with Crippen LogP contribution in [0.4, 0.5) is 0 Å². The first-order chi connectivity index (χ1) is 6.75. The number of benzene rings is 1. The Kier molecular flexibility index (Phi) is 2.99. The summed E-state index contributed by atoms with van der Waals surface area (Å²) in [5.74, 6) is 0. The molecule has 0 amide bonds. The standard InChI is InChI=1S/C11H6Br2N/c12-9-5-8(6-10(13)7-9)11-3-1-2-4-14-11/h1-3,5-7H. The molecule has 0 saturated heterocycles. The van der Waals surface area contributed by atoms with Crippen molar-refractivity contribution in [2.45, 2.75) is 0 Å². The van der Waals surface area contributed by atoms with E-state index in [0.29, 0.717) is 0 Å². The molecule has 14 heavy (non-hydrogen) atoms. The van der Waals surface area contributed by atoms with Gasteiger partial charge in [-0.3, -0.25) is 0 Å². The second-order valence-corrected chi connectivity index (χ2v) is 4.64. The predicted molar refractivity (Wildman–Crippen MR) is 63.9 cm³/mol. The normalized spacial score (nSPS) is 10.1. The van der Waals surface area contributed by atoms with Gasteiger partial charge in [0, 0.05) is 14.5 Å². The van der Waals surface area contributed by atoms with Gasteiger partial charge in [-0.1, -0.05) is 37.9 Å². The van der Waals surface area contributed by atoms with Gasteiger partial charge in [0.1, 0.15) is 0 Å². The quantitative estimate of drug-likeness (QED) is 0.773. The minimum atomic E-state index is 0.925. The Morgan fingerprint density at radius 1 is 1.07 bits per heavy atom. The average Bonchev–Trinajstić information content (AvgIpc) is 2.18. The number of pyridine rings is 1. The number of hydrogen-bond acceptors (Lipinski definition) is 1. The molecule has 0 atom stereocenters. The highest BCUT2D eigenvalue weighted by Crippen LogP contribution is 2.25. The Bertz CT molecular complexity index is 420. The molecule has 1 radical (unpaired) electrons. The molecule has 0 N–H and O–H groups in total. The summed E-state index contributed by atoms with van der Waals surface area (Å²) < 4.78 is 2.07. The molecule has 0 spiro atoms. The maximum Gasteiger partial charge on any atom is 0.0893 e. The highest BCUT2D eigenvalue weighted by atomic mass is 79.9. The van der Waals surface area contributed by atoms with E-state index in [-0.39, 0.29) is 0 Å². The topological polar surface area (TPSA) is 12.9 Å². The molecule has 0 bridgehead atoms. The molecular weight excluding hydrogens is 306 g/mol. The van der Waals surface area contributed by atoms with E-state index in [1.165, 1.54) is 0 Å². The number of rotatable bonds is 1. The Morgan fingerprint density at radius 3 is 2.36 bits per heavy atom. The van der Waals surface area contributed by atoms with Gasteiger partial charge in [-0.25, -0.2) is 4.98 Å². The van der Waals surface area contributed by atoms with Gasteiger partial charge in [-0.15, -0.1) is 0 Å². The number of nitrogens with zero attached hydrogens (tertiary/aromatic N) is 1. The molecule has 0 saturated carbocycles. The first-order valence-corrected chi connectivity index (χ1v) is 5.64. The lowest BCUT2D eigenvalue weighted by atomic mass is 10.1. The highest BCUT2D eigenvalue weighted by molar-refractivity contribution is 9.11. The van der Waals surface area contributed by atoms with Crippen molar-refractivity contribution in [2.24, 2.45) is 0 Å². The van der Waals surface area contributed by atoms with Crippen molar-refractivity contribution >= 4 is 31.9 Å². The minimum Gasteiger partial charge on any atom is -0.246 e. The van der Waals surface area contributed by atoms with Crippen LogP contribution in [0.5, 0.6) is 0 Å². The molecular formula is C11H6Br2N. The molecule has 0 aliphatic rings. The third-order valence-corrected chi connectivity index (χ3v) is 2.68. The number of hydrogen-bond donors (Lipinski definition) is 0. The second-order valence-electron chi connectivity index (χ2n) is 2.81. The van der Waals surface area contributed by atoms with Crippen LogP contribution >= 0.6 is 31.9 Å². The molecule has 2 rings (SSSR count). The Labute approximate surface area is 99.4 Å². The zero-order valence-electron chi connectivity index (χ0n) is 7.17. The summed E-state index contributed by atoms with van der Waals surface area (Å²) in [4.78, 5) is 4.16. The lowest BCUT2D eigenvalue weighted by Gasteiger charge is -2.01. The number of halogens is 2. The summed E-state index contributed by atoms with van der Waals surface area (Å²) in [6.07, 6.45) is 2.82. The molecule has 1 aromatic heterocycles. The maximum atomic E-state index is 4.16. The van der Waals surface area contributed by atoms with E-state index in [0.717, 1.165) is 20.2 Å². The summed E-state index contributed by atoms with van der Waals surface area (Å²) >= 11 is 6.88. The van der Waals surface area contributed by atoms with Crippen molar-refractivity contribution in [3.8, 4) is 11.3 Å². The van der Waals surface area contributed by atoms with Crippen molar-refractivity contribution in [1.82, 2.24) is 4.98 Å². The van der Waals surface area contributed by atoms with Gasteiger partial charge >= 0.3 is 0 Å². The Hall–Kier alpha value is -0.670. The average molecular weight is 312 g/mol. The van der Waals surface area contributed by atoms with Crippen molar-refractivity contribution in [3.63, 3.8) is 0 Å². The van der Waals surface area contributed by atoms with Crippen LogP contribution < -0.4 is 0 Å². The van der Waals surface area contributed by atoms with E-state index < -0.39 is 0 Å². The molecule has 1 heterocycles. The summed E-state index contributed by atoms with van der Waals surface area (Å²) in [7, 11) is 0. The summed E-state index contributed by atoms with van der Waals surface area (Å²) in [6, 6.07) is 11.7. The Morgan fingerprint density at radius 2 is 1.79 bits per heavy atom. The van der Waals surface area contributed by atoms with E-state index in [2.05, 4.69) is 43.0 Å². The van der Waals surface area contributed by atoms with Crippen LogP contribution in [-0.2, 0) is 0 Å². The fraction of sp³-hybridized carbons (Fsp3) is 0. The zero-order chi connectivity index (χ0) is 9.97. The third kappa shape index (κ3) is 2.22. The van der Waals surface area contributed by atoms with E-state index >= 15 is 0 Å². The van der Waals surface area contributed by atoms with E-state index in [4.69, 9.17) is 0 Å².